The average molecular weight is 157 g/mol. The topological polar surface area (TPSA) is 26.0 Å². The molecule has 0 aliphatic carbocycles. The van der Waals surface area contributed by atoms with Crippen molar-refractivity contribution in [3.05, 3.63) is 21.9 Å². The molecule has 0 spiro atoms. The van der Waals surface area contributed by atoms with Gasteiger partial charge >= 0.3 is 0 Å². The Morgan fingerprint density at radius 2 is 2.00 bits per heavy atom. The predicted octanol–water partition coefficient (Wildman–Crippen LogP) is 2.54. The lowest BCUT2D eigenvalue weighted by Gasteiger charge is -1.81. The molecule has 0 amide bonds. The highest BCUT2D eigenvalue weighted by molar-refractivity contribution is 7.11. The molecule has 1 rings (SSSR count). The highest BCUT2D eigenvalue weighted by Crippen LogP contribution is 2.13. The highest BCUT2D eigenvalue weighted by Gasteiger charge is 1.89. The van der Waals surface area contributed by atoms with Gasteiger partial charge in [-0.1, -0.05) is 13.8 Å². The minimum absolute atomic E-state index is 0.679. The van der Waals surface area contributed by atoms with E-state index < -0.39 is 0 Å². The molecule has 10 heavy (non-hydrogen) atoms. The number of hydrogen-bond acceptors (Lipinski definition) is 2. The van der Waals surface area contributed by atoms with Crippen LogP contribution >= 0.6 is 11.3 Å². The first-order chi connectivity index (χ1) is 4.83. The number of hydrogen-bond donors (Lipinski definition) is 1. The zero-order valence-electron chi connectivity index (χ0n) is 6.85. The standard InChI is InChI=1S/C6H9NS.C2H6/c1-5-2-3-6(4-7)8-5;1-2/h2-3H,4,7H2,1H3;1-2H3. The molecule has 0 saturated heterocycles. The summed E-state index contributed by atoms with van der Waals surface area (Å²) in [6.07, 6.45) is 0. The SMILES string of the molecule is CC.Cc1ccc(CN)s1. The Labute approximate surface area is 66.9 Å². The summed E-state index contributed by atoms with van der Waals surface area (Å²) in [6, 6.07) is 4.16. The summed E-state index contributed by atoms with van der Waals surface area (Å²) >= 11 is 1.76. The van der Waals surface area contributed by atoms with E-state index in [0.717, 1.165) is 0 Å². The summed E-state index contributed by atoms with van der Waals surface area (Å²) in [5, 5.41) is 0. The van der Waals surface area contributed by atoms with Crippen molar-refractivity contribution in [1.29, 1.82) is 0 Å². The Balaban J connectivity index is 0.000000371. The second-order valence-corrected chi connectivity index (χ2v) is 3.09. The molecule has 0 aromatic carbocycles. The molecule has 0 radical (unpaired) electrons. The summed E-state index contributed by atoms with van der Waals surface area (Å²) in [4.78, 5) is 2.60. The molecule has 0 aliphatic heterocycles. The van der Waals surface area contributed by atoms with Crippen molar-refractivity contribution in [2.45, 2.75) is 27.3 Å². The van der Waals surface area contributed by atoms with Crippen molar-refractivity contribution in [1.82, 2.24) is 0 Å². The summed E-state index contributed by atoms with van der Waals surface area (Å²) < 4.78 is 0. The van der Waals surface area contributed by atoms with Gasteiger partial charge in [0.05, 0.1) is 0 Å². The van der Waals surface area contributed by atoms with Gasteiger partial charge in [0.1, 0.15) is 0 Å². The molecular formula is C8H15NS. The monoisotopic (exact) mass is 157 g/mol. The fraction of sp³-hybridized carbons (Fsp3) is 0.500. The van der Waals surface area contributed by atoms with Crippen LogP contribution in [0.1, 0.15) is 23.6 Å². The molecule has 1 nitrogen and oxygen atoms in total. The molecule has 0 saturated carbocycles. The summed E-state index contributed by atoms with van der Waals surface area (Å²) in [7, 11) is 0. The van der Waals surface area contributed by atoms with Crippen molar-refractivity contribution < 1.29 is 0 Å². The van der Waals surface area contributed by atoms with Crippen LogP contribution in [-0.2, 0) is 6.54 Å². The van der Waals surface area contributed by atoms with Gasteiger partial charge in [-0.05, 0) is 19.1 Å². The quantitative estimate of drug-likeness (QED) is 0.666. The average Bonchev–Trinajstić information content (AvgIpc) is 2.40. The van der Waals surface area contributed by atoms with Crippen LogP contribution in [0.4, 0.5) is 0 Å². The van der Waals surface area contributed by atoms with E-state index in [1.54, 1.807) is 11.3 Å². The first kappa shape index (κ1) is 9.66. The molecule has 0 fully saturated rings. The molecule has 1 aromatic rings. The Morgan fingerprint density at radius 3 is 2.20 bits per heavy atom. The fourth-order valence-corrected chi connectivity index (χ4v) is 1.36. The van der Waals surface area contributed by atoms with E-state index in [4.69, 9.17) is 5.73 Å². The molecule has 0 atom stereocenters. The van der Waals surface area contributed by atoms with Crippen molar-refractivity contribution in [3.8, 4) is 0 Å². The maximum Gasteiger partial charge on any atom is 0.0273 e. The van der Waals surface area contributed by atoms with Gasteiger partial charge in [0.2, 0.25) is 0 Å². The second-order valence-electron chi connectivity index (χ2n) is 1.72. The third-order valence-electron chi connectivity index (χ3n) is 0.997. The Hall–Kier alpha value is -0.340. The van der Waals surface area contributed by atoms with Crippen LogP contribution in [0.2, 0.25) is 0 Å². The van der Waals surface area contributed by atoms with Gasteiger partial charge in [-0.2, -0.15) is 0 Å². The maximum absolute atomic E-state index is 5.37. The zero-order valence-corrected chi connectivity index (χ0v) is 7.66. The number of nitrogens with two attached hydrogens (primary N) is 1. The fourth-order valence-electron chi connectivity index (χ4n) is 0.595. The molecule has 0 unspecified atom stereocenters. The minimum atomic E-state index is 0.679. The first-order valence-electron chi connectivity index (χ1n) is 3.58. The van der Waals surface area contributed by atoms with Crippen LogP contribution in [-0.4, -0.2) is 0 Å². The van der Waals surface area contributed by atoms with E-state index in [2.05, 4.69) is 19.1 Å². The van der Waals surface area contributed by atoms with Gasteiger partial charge in [0.15, 0.2) is 0 Å². The lowest BCUT2D eigenvalue weighted by atomic mass is 10.4. The van der Waals surface area contributed by atoms with Crippen LogP contribution in [0.15, 0.2) is 12.1 Å². The molecule has 2 N–H and O–H groups in total. The highest BCUT2D eigenvalue weighted by atomic mass is 32.1. The second kappa shape index (κ2) is 5.45. The number of thiophene rings is 1. The largest absolute Gasteiger partial charge is 0.326 e. The molecule has 0 aliphatic rings. The van der Waals surface area contributed by atoms with E-state index in [0.29, 0.717) is 6.54 Å². The van der Waals surface area contributed by atoms with Gasteiger partial charge in [-0.15, -0.1) is 11.3 Å². The maximum atomic E-state index is 5.37. The lowest BCUT2D eigenvalue weighted by molar-refractivity contribution is 1.11. The molecule has 1 aromatic heterocycles. The third-order valence-corrected chi connectivity index (χ3v) is 2.02. The Bertz CT molecular complexity index is 170. The van der Waals surface area contributed by atoms with Crippen LogP contribution < -0.4 is 5.73 Å². The van der Waals surface area contributed by atoms with E-state index in [1.807, 2.05) is 13.8 Å². The Morgan fingerprint density at radius 1 is 1.40 bits per heavy atom. The van der Waals surface area contributed by atoms with Gasteiger partial charge < -0.3 is 5.73 Å². The predicted molar refractivity (Wildman–Crippen MR) is 48.3 cm³/mol. The first-order valence-corrected chi connectivity index (χ1v) is 4.40. The van der Waals surface area contributed by atoms with Crippen molar-refractivity contribution in [2.24, 2.45) is 5.73 Å². The summed E-state index contributed by atoms with van der Waals surface area (Å²) in [6.45, 7) is 6.77. The van der Waals surface area contributed by atoms with E-state index >= 15 is 0 Å². The summed E-state index contributed by atoms with van der Waals surface area (Å²) in [5.41, 5.74) is 5.37. The van der Waals surface area contributed by atoms with Crippen LogP contribution in [0, 0.1) is 6.92 Å². The van der Waals surface area contributed by atoms with Crippen molar-refractivity contribution in [3.63, 3.8) is 0 Å². The third kappa shape index (κ3) is 2.99. The molecular weight excluding hydrogens is 142 g/mol. The van der Waals surface area contributed by atoms with E-state index in [1.165, 1.54) is 9.75 Å². The molecule has 0 bridgehead atoms. The van der Waals surface area contributed by atoms with Gasteiger partial charge in [-0.3, -0.25) is 0 Å². The number of rotatable bonds is 1. The van der Waals surface area contributed by atoms with Gasteiger partial charge in [-0.25, -0.2) is 0 Å². The van der Waals surface area contributed by atoms with E-state index in [-0.39, 0.29) is 0 Å². The normalized spacial score (nSPS) is 8.40. The van der Waals surface area contributed by atoms with Crippen molar-refractivity contribution >= 4 is 11.3 Å². The molecule has 1 heterocycles. The van der Waals surface area contributed by atoms with Gasteiger partial charge in [0, 0.05) is 16.3 Å². The summed E-state index contributed by atoms with van der Waals surface area (Å²) in [5.74, 6) is 0. The molecule has 58 valence electrons. The molecule has 2 heteroatoms. The van der Waals surface area contributed by atoms with Crippen molar-refractivity contribution in [2.75, 3.05) is 0 Å². The van der Waals surface area contributed by atoms with Crippen LogP contribution in [0.3, 0.4) is 0 Å². The zero-order chi connectivity index (χ0) is 7.98. The smallest absolute Gasteiger partial charge is 0.0273 e. The minimum Gasteiger partial charge on any atom is -0.326 e. The van der Waals surface area contributed by atoms with Gasteiger partial charge in [0.25, 0.3) is 0 Å². The number of aryl methyl sites for hydroxylation is 1. The van der Waals surface area contributed by atoms with Crippen LogP contribution in [0.25, 0.3) is 0 Å². The van der Waals surface area contributed by atoms with Crippen LogP contribution in [0.5, 0.6) is 0 Å². The lowest BCUT2D eigenvalue weighted by Crippen LogP contribution is -1.90. The Kier molecular flexibility index (Phi) is 5.26. The van der Waals surface area contributed by atoms with E-state index in [9.17, 15) is 0 Å².